The smallest absolute Gasteiger partial charge is 0.245 e. The number of H-pyrrole nitrogens is 1. The Hall–Kier alpha value is -3.85. The predicted molar refractivity (Wildman–Crippen MR) is 116 cm³/mol. The van der Waals surface area contributed by atoms with Gasteiger partial charge in [-0.3, -0.25) is 14.9 Å². The Balaban J connectivity index is 1.44. The third kappa shape index (κ3) is 3.25. The number of hydrogen-bond donors (Lipinski definition) is 2. The monoisotopic (exact) mass is 415 g/mol. The lowest BCUT2D eigenvalue weighted by molar-refractivity contribution is -0.116. The highest BCUT2D eigenvalue weighted by Gasteiger charge is 2.18. The van der Waals surface area contributed by atoms with Crippen LogP contribution in [0, 0.1) is 6.92 Å². The van der Waals surface area contributed by atoms with Gasteiger partial charge in [0, 0.05) is 28.9 Å². The molecule has 0 aliphatic carbocycles. The fraction of sp³-hybridized carbons (Fsp3) is 0.0952. The van der Waals surface area contributed by atoms with Gasteiger partial charge in [0.15, 0.2) is 11.6 Å². The summed E-state index contributed by atoms with van der Waals surface area (Å²) in [4.78, 5) is 26.0. The fourth-order valence-electron chi connectivity index (χ4n) is 3.39. The number of aromatic amines is 1. The number of imidazole rings is 1. The van der Waals surface area contributed by atoms with Gasteiger partial charge in [-0.15, -0.1) is 11.3 Å². The Morgan fingerprint density at radius 2 is 2.03 bits per heavy atom. The normalized spacial score (nSPS) is 11.1. The van der Waals surface area contributed by atoms with E-state index in [0.29, 0.717) is 11.6 Å². The molecule has 0 aliphatic rings. The van der Waals surface area contributed by atoms with Crippen LogP contribution in [-0.4, -0.2) is 35.6 Å². The van der Waals surface area contributed by atoms with E-state index in [1.807, 2.05) is 53.3 Å². The van der Waals surface area contributed by atoms with E-state index in [4.69, 9.17) is 0 Å². The average molecular weight is 415 g/mol. The lowest BCUT2D eigenvalue weighted by Gasteiger charge is -2.08. The minimum atomic E-state index is -0.189. The lowest BCUT2D eigenvalue weighted by atomic mass is 10.1. The predicted octanol–water partition coefficient (Wildman–Crippen LogP) is 3.89. The van der Waals surface area contributed by atoms with E-state index in [2.05, 4.69) is 30.5 Å². The van der Waals surface area contributed by atoms with E-state index in [9.17, 15) is 4.79 Å². The van der Waals surface area contributed by atoms with Crippen molar-refractivity contribution in [1.82, 2.24) is 29.7 Å². The SMILES string of the molecule is Cc1c(NC(=O)Cn2c(-c3cscn3)nc3ccccc32)n[nH]c1-c1ccncc1. The van der Waals surface area contributed by atoms with Crippen molar-refractivity contribution in [3.63, 3.8) is 0 Å². The molecule has 0 fully saturated rings. The van der Waals surface area contributed by atoms with E-state index >= 15 is 0 Å². The number of carbonyl (C=O) groups excluding carboxylic acids is 1. The van der Waals surface area contributed by atoms with Crippen LogP contribution in [0.15, 0.2) is 59.7 Å². The summed E-state index contributed by atoms with van der Waals surface area (Å²) < 4.78 is 1.88. The Morgan fingerprint density at radius 3 is 2.83 bits per heavy atom. The molecule has 30 heavy (non-hydrogen) atoms. The summed E-state index contributed by atoms with van der Waals surface area (Å²) >= 11 is 1.49. The van der Waals surface area contributed by atoms with Crippen molar-refractivity contribution in [2.24, 2.45) is 0 Å². The molecule has 0 radical (unpaired) electrons. The Labute approximate surface area is 175 Å². The Morgan fingerprint density at radius 1 is 1.20 bits per heavy atom. The number of hydrogen-bond acceptors (Lipinski definition) is 6. The van der Waals surface area contributed by atoms with E-state index in [0.717, 1.165) is 33.5 Å². The van der Waals surface area contributed by atoms with Crippen molar-refractivity contribution >= 4 is 34.1 Å². The Bertz CT molecular complexity index is 1320. The van der Waals surface area contributed by atoms with Crippen LogP contribution in [0.2, 0.25) is 0 Å². The molecule has 0 unspecified atom stereocenters. The number of rotatable bonds is 5. The second-order valence-corrected chi connectivity index (χ2v) is 7.46. The second-order valence-electron chi connectivity index (χ2n) is 6.74. The van der Waals surface area contributed by atoms with Crippen LogP contribution in [0.3, 0.4) is 0 Å². The number of pyridine rings is 1. The van der Waals surface area contributed by atoms with Crippen molar-refractivity contribution < 1.29 is 4.79 Å². The number of amides is 1. The highest BCUT2D eigenvalue weighted by atomic mass is 32.1. The summed E-state index contributed by atoms with van der Waals surface area (Å²) in [6, 6.07) is 11.5. The van der Waals surface area contributed by atoms with Crippen LogP contribution < -0.4 is 5.32 Å². The fourth-order valence-corrected chi connectivity index (χ4v) is 3.92. The lowest BCUT2D eigenvalue weighted by Crippen LogP contribution is -2.20. The van der Waals surface area contributed by atoms with Crippen LogP contribution in [0.4, 0.5) is 5.82 Å². The number of fused-ring (bicyclic) bond motifs is 1. The third-order valence-electron chi connectivity index (χ3n) is 4.85. The Kier molecular flexibility index (Phi) is 4.56. The molecule has 5 aromatic rings. The van der Waals surface area contributed by atoms with Crippen LogP contribution >= 0.6 is 11.3 Å². The maximum atomic E-state index is 12.9. The first-order valence-corrected chi connectivity index (χ1v) is 10.2. The summed E-state index contributed by atoms with van der Waals surface area (Å²) in [5, 5.41) is 12.1. The highest BCUT2D eigenvalue weighted by Crippen LogP contribution is 2.27. The van der Waals surface area contributed by atoms with Crippen molar-refractivity contribution in [2.75, 3.05) is 5.32 Å². The quantitative estimate of drug-likeness (QED) is 0.453. The van der Waals surface area contributed by atoms with Gasteiger partial charge in [0.1, 0.15) is 12.2 Å². The summed E-state index contributed by atoms with van der Waals surface area (Å²) in [6.07, 6.45) is 3.44. The minimum absolute atomic E-state index is 0.101. The number of para-hydroxylation sites is 2. The first kappa shape index (κ1) is 18.2. The van der Waals surface area contributed by atoms with E-state index in [-0.39, 0.29) is 12.5 Å². The number of anilines is 1. The topological polar surface area (TPSA) is 101 Å². The van der Waals surface area contributed by atoms with Gasteiger partial charge in [-0.05, 0) is 31.2 Å². The number of benzene rings is 1. The van der Waals surface area contributed by atoms with E-state index in [1.165, 1.54) is 11.3 Å². The molecule has 8 nitrogen and oxygen atoms in total. The number of carbonyl (C=O) groups is 1. The van der Waals surface area contributed by atoms with Gasteiger partial charge in [0.05, 0.1) is 22.2 Å². The van der Waals surface area contributed by atoms with Crippen molar-refractivity contribution in [3.8, 4) is 22.8 Å². The summed E-state index contributed by atoms with van der Waals surface area (Å²) in [6.45, 7) is 2.02. The molecule has 4 aromatic heterocycles. The summed E-state index contributed by atoms with van der Waals surface area (Å²) in [5.74, 6) is 0.987. The zero-order chi connectivity index (χ0) is 20.5. The molecule has 0 bridgehead atoms. The number of aromatic nitrogens is 6. The molecule has 148 valence electrons. The first-order valence-electron chi connectivity index (χ1n) is 9.30. The van der Waals surface area contributed by atoms with Gasteiger partial charge in [0.2, 0.25) is 5.91 Å². The maximum Gasteiger partial charge on any atom is 0.245 e. The maximum absolute atomic E-state index is 12.9. The van der Waals surface area contributed by atoms with Crippen LogP contribution in [-0.2, 0) is 11.3 Å². The molecule has 1 amide bonds. The summed E-state index contributed by atoms with van der Waals surface area (Å²) in [7, 11) is 0. The van der Waals surface area contributed by atoms with Crippen molar-refractivity contribution in [1.29, 1.82) is 0 Å². The van der Waals surface area contributed by atoms with E-state index < -0.39 is 0 Å². The zero-order valence-electron chi connectivity index (χ0n) is 16.0. The number of thiazole rings is 1. The molecule has 0 spiro atoms. The van der Waals surface area contributed by atoms with Crippen molar-refractivity contribution in [3.05, 3.63) is 65.2 Å². The first-order chi connectivity index (χ1) is 14.7. The van der Waals surface area contributed by atoms with Crippen molar-refractivity contribution in [2.45, 2.75) is 13.5 Å². The molecule has 0 saturated carbocycles. The number of nitrogens with one attached hydrogen (secondary N) is 2. The molecular weight excluding hydrogens is 398 g/mol. The molecule has 4 heterocycles. The molecule has 2 N–H and O–H groups in total. The molecule has 0 saturated heterocycles. The third-order valence-corrected chi connectivity index (χ3v) is 5.44. The molecule has 0 aliphatic heterocycles. The van der Waals surface area contributed by atoms with Crippen LogP contribution in [0.1, 0.15) is 5.56 Å². The molecule has 9 heteroatoms. The second kappa shape index (κ2) is 7.53. The summed E-state index contributed by atoms with van der Waals surface area (Å²) in [5.41, 5.74) is 6.89. The van der Waals surface area contributed by atoms with Crippen LogP contribution in [0.25, 0.3) is 33.8 Å². The van der Waals surface area contributed by atoms with Crippen LogP contribution in [0.5, 0.6) is 0 Å². The van der Waals surface area contributed by atoms with Gasteiger partial charge in [-0.1, -0.05) is 12.1 Å². The molecule has 0 atom stereocenters. The highest BCUT2D eigenvalue weighted by molar-refractivity contribution is 7.07. The average Bonchev–Trinajstić information content (AvgIpc) is 3.49. The molecular formula is C21H17N7OS. The standard InChI is InChI=1S/C21H17N7OS/c1-13-19(14-6-8-22-9-7-14)26-27-20(13)25-18(29)10-28-17-5-3-2-4-15(17)24-21(28)16-11-30-12-23-16/h2-9,11-12H,10H2,1H3,(H2,25,26,27,29). The van der Waals surface area contributed by atoms with E-state index in [1.54, 1.807) is 17.9 Å². The number of nitrogens with zero attached hydrogens (tertiary/aromatic N) is 5. The van der Waals surface area contributed by atoms with Gasteiger partial charge in [0.25, 0.3) is 0 Å². The zero-order valence-corrected chi connectivity index (χ0v) is 16.8. The van der Waals surface area contributed by atoms with Gasteiger partial charge in [-0.25, -0.2) is 9.97 Å². The van der Waals surface area contributed by atoms with Gasteiger partial charge < -0.3 is 9.88 Å². The van der Waals surface area contributed by atoms with Gasteiger partial charge in [-0.2, -0.15) is 5.10 Å². The molecule has 5 rings (SSSR count). The minimum Gasteiger partial charge on any atom is -0.313 e. The largest absolute Gasteiger partial charge is 0.313 e. The molecule has 1 aromatic carbocycles. The van der Waals surface area contributed by atoms with Gasteiger partial charge >= 0.3 is 0 Å².